The maximum atomic E-state index is 13.1. The Morgan fingerprint density at radius 3 is 2.68 bits per heavy atom. The van der Waals surface area contributed by atoms with Gasteiger partial charge in [0.2, 0.25) is 0 Å². The second-order valence-electron chi connectivity index (χ2n) is 3.77. The van der Waals surface area contributed by atoms with Crippen LogP contribution in [0.3, 0.4) is 0 Å². The van der Waals surface area contributed by atoms with Gasteiger partial charge in [-0.1, -0.05) is 11.6 Å². The average Bonchev–Trinajstić information content (AvgIpc) is 2.41. The van der Waals surface area contributed by atoms with Crippen molar-refractivity contribution in [1.29, 1.82) is 5.26 Å². The van der Waals surface area contributed by atoms with Gasteiger partial charge in [0.1, 0.15) is 17.6 Å². The summed E-state index contributed by atoms with van der Waals surface area (Å²) in [5, 5.41) is 12.5. The molecule has 3 nitrogen and oxygen atoms in total. The molecule has 0 bridgehead atoms. The zero-order valence-corrected chi connectivity index (χ0v) is 10.8. The van der Waals surface area contributed by atoms with Crippen molar-refractivity contribution in [2.75, 3.05) is 12.4 Å². The second-order valence-corrected chi connectivity index (χ2v) is 4.21. The van der Waals surface area contributed by atoms with Crippen LogP contribution in [0.5, 0.6) is 5.75 Å². The number of ether oxygens (including phenoxy) is 1. The fraction of sp³-hybridized carbons (Fsp3) is 0.0714. The lowest BCUT2D eigenvalue weighted by atomic mass is 10.2. The van der Waals surface area contributed by atoms with Crippen LogP contribution in [-0.4, -0.2) is 7.11 Å². The van der Waals surface area contributed by atoms with Crippen molar-refractivity contribution in [3.63, 3.8) is 0 Å². The van der Waals surface area contributed by atoms with Gasteiger partial charge < -0.3 is 10.1 Å². The molecule has 2 rings (SSSR count). The normalized spacial score (nSPS) is 9.79. The third-order valence-electron chi connectivity index (χ3n) is 2.53. The van der Waals surface area contributed by atoms with E-state index in [1.807, 2.05) is 0 Å². The van der Waals surface area contributed by atoms with Gasteiger partial charge in [-0.15, -0.1) is 0 Å². The largest absolute Gasteiger partial charge is 0.494 e. The molecule has 1 N–H and O–H groups in total. The smallest absolute Gasteiger partial charge is 0.145 e. The number of rotatable bonds is 3. The number of nitrogens with zero attached hydrogens (tertiary/aromatic N) is 1. The fourth-order valence-electron chi connectivity index (χ4n) is 1.63. The lowest BCUT2D eigenvalue weighted by molar-refractivity contribution is 0.413. The molecule has 0 fully saturated rings. The second kappa shape index (κ2) is 5.59. The molecule has 2 aromatic carbocycles. The Bertz CT molecular complexity index is 652. The minimum atomic E-state index is -0.394. The Hall–Kier alpha value is -2.25. The number of methoxy groups -OCH3 is 1. The van der Waals surface area contributed by atoms with Crippen LogP contribution < -0.4 is 10.1 Å². The molecule has 0 saturated heterocycles. The van der Waals surface area contributed by atoms with E-state index in [0.29, 0.717) is 27.7 Å². The van der Waals surface area contributed by atoms with Crippen LogP contribution in [0.15, 0.2) is 36.4 Å². The van der Waals surface area contributed by atoms with Crippen LogP contribution in [0, 0.1) is 17.1 Å². The first kappa shape index (κ1) is 13.2. The Morgan fingerprint density at radius 1 is 1.21 bits per heavy atom. The number of nitriles is 1. The maximum Gasteiger partial charge on any atom is 0.145 e. The minimum Gasteiger partial charge on any atom is -0.494 e. The number of nitrogens with one attached hydrogen (secondary N) is 1. The molecular weight excluding hydrogens is 267 g/mol. The summed E-state index contributed by atoms with van der Waals surface area (Å²) >= 11 is 5.90. The highest BCUT2D eigenvalue weighted by Crippen LogP contribution is 2.30. The molecule has 19 heavy (non-hydrogen) atoms. The van der Waals surface area contributed by atoms with Crippen LogP contribution in [0.2, 0.25) is 5.02 Å². The Morgan fingerprint density at radius 2 is 2.00 bits per heavy atom. The fourth-order valence-corrected chi connectivity index (χ4v) is 1.80. The molecule has 5 heteroatoms. The molecule has 0 saturated carbocycles. The van der Waals surface area contributed by atoms with Crippen LogP contribution in [0.1, 0.15) is 5.56 Å². The summed E-state index contributed by atoms with van der Waals surface area (Å²) in [4.78, 5) is 0. The topological polar surface area (TPSA) is 45.0 Å². The summed E-state index contributed by atoms with van der Waals surface area (Å²) < 4.78 is 18.2. The van der Waals surface area contributed by atoms with E-state index in [1.165, 1.54) is 25.3 Å². The van der Waals surface area contributed by atoms with Crippen LogP contribution in [-0.2, 0) is 0 Å². The molecule has 0 aromatic heterocycles. The quantitative estimate of drug-likeness (QED) is 0.918. The molecule has 0 aliphatic heterocycles. The van der Waals surface area contributed by atoms with Crippen molar-refractivity contribution in [2.45, 2.75) is 0 Å². The van der Waals surface area contributed by atoms with Crippen molar-refractivity contribution in [1.82, 2.24) is 0 Å². The summed E-state index contributed by atoms with van der Waals surface area (Å²) in [5.41, 5.74) is 1.54. The lowest BCUT2D eigenvalue weighted by Crippen LogP contribution is -1.97. The molecule has 0 aliphatic rings. The molecule has 0 radical (unpaired) electrons. The summed E-state index contributed by atoms with van der Waals surface area (Å²) in [6.45, 7) is 0. The van der Waals surface area contributed by atoms with Gasteiger partial charge in [0, 0.05) is 11.1 Å². The zero-order chi connectivity index (χ0) is 13.8. The number of hydrogen-bond donors (Lipinski definition) is 1. The van der Waals surface area contributed by atoms with E-state index in [4.69, 9.17) is 21.6 Å². The van der Waals surface area contributed by atoms with Crippen LogP contribution in [0.4, 0.5) is 15.8 Å². The molecular formula is C14H10ClFN2O. The van der Waals surface area contributed by atoms with Crippen molar-refractivity contribution >= 4 is 23.0 Å². The van der Waals surface area contributed by atoms with Gasteiger partial charge in [0.25, 0.3) is 0 Å². The first-order valence-corrected chi connectivity index (χ1v) is 5.82. The van der Waals surface area contributed by atoms with Crippen molar-refractivity contribution < 1.29 is 9.13 Å². The highest BCUT2D eigenvalue weighted by molar-refractivity contribution is 6.30. The average molecular weight is 277 g/mol. The Labute approximate surface area is 115 Å². The van der Waals surface area contributed by atoms with Gasteiger partial charge >= 0.3 is 0 Å². The van der Waals surface area contributed by atoms with E-state index >= 15 is 0 Å². The third kappa shape index (κ3) is 2.95. The first-order valence-electron chi connectivity index (χ1n) is 5.44. The summed E-state index contributed by atoms with van der Waals surface area (Å²) in [6.07, 6.45) is 0. The number of anilines is 2. The molecule has 0 spiro atoms. The number of benzene rings is 2. The first-order chi connectivity index (χ1) is 9.13. The van der Waals surface area contributed by atoms with Crippen molar-refractivity contribution in [2.24, 2.45) is 0 Å². The summed E-state index contributed by atoms with van der Waals surface area (Å²) in [6, 6.07) is 11.0. The molecule has 0 aliphatic carbocycles. The molecule has 96 valence electrons. The van der Waals surface area contributed by atoms with E-state index in [-0.39, 0.29) is 0 Å². The molecule has 0 amide bonds. The van der Waals surface area contributed by atoms with Gasteiger partial charge in [-0.05, 0) is 30.3 Å². The van der Waals surface area contributed by atoms with Crippen molar-refractivity contribution in [3.05, 3.63) is 52.8 Å². The molecule has 2 aromatic rings. The molecule has 0 unspecified atom stereocenters. The summed E-state index contributed by atoms with van der Waals surface area (Å²) in [5.74, 6) is -0.0436. The van der Waals surface area contributed by atoms with E-state index in [1.54, 1.807) is 18.2 Å². The van der Waals surface area contributed by atoms with E-state index < -0.39 is 5.82 Å². The van der Waals surface area contributed by atoms with Gasteiger partial charge in [0.15, 0.2) is 0 Å². The standard InChI is InChI=1S/C14H10ClFN2O/c1-19-14-7-11(16)4-5-12(14)18-13-6-10(15)3-2-9(13)8-17/h2-7,18H,1H3. The molecule has 0 heterocycles. The number of hydrogen-bond acceptors (Lipinski definition) is 3. The van der Waals surface area contributed by atoms with Gasteiger partial charge in [-0.2, -0.15) is 5.26 Å². The molecule has 0 atom stereocenters. The zero-order valence-electron chi connectivity index (χ0n) is 10.1. The minimum absolute atomic E-state index is 0.351. The Balaban J connectivity index is 2.41. The van der Waals surface area contributed by atoms with Crippen molar-refractivity contribution in [3.8, 4) is 11.8 Å². The Kier molecular flexibility index (Phi) is 3.88. The van der Waals surface area contributed by atoms with E-state index in [0.717, 1.165) is 0 Å². The third-order valence-corrected chi connectivity index (χ3v) is 2.77. The summed E-state index contributed by atoms with van der Waals surface area (Å²) in [7, 11) is 1.45. The lowest BCUT2D eigenvalue weighted by Gasteiger charge is -2.12. The highest BCUT2D eigenvalue weighted by Gasteiger charge is 2.08. The number of halogens is 2. The monoisotopic (exact) mass is 276 g/mol. The predicted octanol–water partition coefficient (Wildman–Crippen LogP) is 4.10. The van der Waals surface area contributed by atoms with Crippen LogP contribution in [0.25, 0.3) is 0 Å². The van der Waals surface area contributed by atoms with E-state index in [2.05, 4.69) is 11.4 Å². The maximum absolute atomic E-state index is 13.1. The van der Waals surface area contributed by atoms with Crippen LogP contribution >= 0.6 is 11.6 Å². The van der Waals surface area contributed by atoms with Gasteiger partial charge in [-0.25, -0.2) is 4.39 Å². The van der Waals surface area contributed by atoms with Gasteiger partial charge in [-0.3, -0.25) is 0 Å². The highest BCUT2D eigenvalue weighted by atomic mass is 35.5. The SMILES string of the molecule is COc1cc(F)ccc1Nc1cc(Cl)ccc1C#N. The predicted molar refractivity (Wildman–Crippen MR) is 72.4 cm³/mol. The van der Waals surface area contributed by atoms with Gasteiger partial charge in [0.05, 0.1) is 24.0 Å². The van der Waals surface area contributed by atoms with E-state index in [9.17, 15) is 4.39 Å².